The number of hydrogen-bond acceptors (Lipinski definition) is 4. The van der Waals surface area contributed by atoms with E-state index < -0.39 is 44.6 Å². The average molecular weight is 262 g/mol. The molecular weight excluding hydrogens is 253 g/mol. The summed E-state index contributed by atoms with van der Waals surface area (Å²) in [5.74, 6) is 0. The second kappa shape index (κ2) is 5.04. The molecule has 0 saturated carbocycles. The Hall–Kier alpha value is -0.199. The number of hydrogen-bond donors (Lipinski definition) is 1. The van der Waals surface area contributed by atoms with Crippen LogP contribution in [0.1, 0.15) is 6.42 Å². The molecule has 0 aliphatic rings. The maximum Gasteiger partial charge on any atom is 0.526 e. The van der Waals surface area contributed by atoms with Crippen LogP contribution in [0, 0.1) is 0 Å². The van der Waals surface area contributed by atoms with Crippen LogP contribution in [-0.2, 0) is 13.0 Å². The zero-order chi connectivity index (χ0) is 11.4. The van der Waals surface area contributed by atoms with Gasteiger partial charge < -0.3 is 17.8 Å². The van der Waals surface area contributed by atoms with Crippen LogP contribution in [0.25, 0.3) is 0 Å². The fraction of sp³-hybridized carbons (Fsp3) is 1.00. The third-order valence-electron chi connectivity index (χ3n) is 1.29. The van der Waals surface area contributed by atoms with Crippen LogP contribution in [0.15, 0.2) is 0 Å². The van der Waals surface area contributed by atoms with Crippen molar-refractivity contribution in [1.29, 1.82) is 0 Å². The first-order valence-electron chi connectivity index (χ1n) is 3.63. The lowest BCUT2D eigenvalue weighted by Crippen LogP contribution is -2.39. The van der Waals surface area contributed by atoms with E-state index in [0.717, 1.165) is 6.55 Å². The van der Waals surface area contributed by atoms with E-state index >= 15 is 0 Å². The number of alkyl halides is 3. The molecule has 0 rings (SSSR count). The molecule has 0 heterocycles. The van der Waals surface area contributed by atoms with Crippen LogP contribution in [-0.4, -0.2) is 36.9 Å². The Kier molecular flexibility index (Phi) is 4.97. The van der Waals surface area contributed by atoms with Crippen LogP contribution < -0.4 is 0 Å². The predicted molar refractivity (Wildman–Crippen MR) is 44.7 cm³/mol. The van der Waals surface area contributed by atoms with Crippen molar-refractivity contribution in [2.45, 2.75) is 25.2 Å². The van der Waals surface area contributed by atoms with Crippen molar-refractivity contribution in [2.75, 3.05) is 0 Å². The van der Waals surface area contributed by atoms with Gasteiger partial charge in [0.25, 0.3) is 0 Å². The maximum atomic E-state index is 11.7. The Morgan fingerprint density at radius 3 is 2.43 bits per heavy atom. The Morgan fingerprint density at radius 2 is 2.07 bits per heavy atom. The van der Waals surface area contributed by atoms with E-state index in [2.05, 4.69) is 4.12 Å². The van der Waals surface area contributed by atoms with Crippen LogP contribution in [0.3, 0.4) is 0 Å². The molecule has 10 heteroatoms. The monoisotopic (exact) mass is 262 g/mol. The van der Waals surface area contributed by atoms with E-state index in [1.807, 2.05) is 0 Å². The molecule has 0 aliphatic carbocycles. The van der Waals surface area contributed by atoms with Gasteiger partial charge in [-0.2, -0.15) is 13.2 Å². The van der Waals surface area contributed by atoms with Gasteiger partial charge in [0.05, 0.1) is 0 Å². The summed E-state index contributed by atoms with van der Waals surface area (Å²) in [6.45, 7) is 1.09. The van der Waals surface area contributed by atoms with Gasteiger partial charge in [-0.15, -0.1) is 0 Å². The molecule has 0 aromatic rings. The lowest BCUT2D eigenvalue weighted by Gasteiger charge is -2.19. The van der Waals surface area contributed by atoms with E-state index in [1.165, 1.54) is 0 Å². The lowest BCUT2D eigenvalue weighted by atomic mass is 10.5. The maximum absolute atomic E-state index is 11.7. The van der Waals surface area contributed by atoms with Crippen molar-refractivity contribution in [1.82, 2.24) is 0 Å². The molecule has 0 aromatic carbocycles. The summed E-state index contributed by atoms with van der Waals surface area (Å²) in [5.41, 5.74) is 0. The van der Waals surface area contributed by atoms with Gasteiger partial charge in [0.2, 0.25) is 0 Å². The van der Waals surface area contributed by atoms with E-state index in [9.17, 15) is 26.9 Å². The summed E-state index contributed by atoms with van der Waals surface area (Å²) in [6, 6.07) is -0.591. The third kappa shape index (κ3) is 7.23. The predicted octanol–water partition coefficient (Wildman–Crippen LogP) is 0.217. The van der Waals surface area contributed by atoms with Crippen molar-refractivity contribution in [3.05, 3.63) is 0 Å². The fourth-order valence-corrected chi connectivity index (χ4v) is 6.47. The van der Waals surface area contributed by atoms with Crippen LogP contribution in [0.2, 0.25) is 12.6 Å². The molecule has 1 atom stereocenters. The molecule has 0 aliphatic heterocycles. The van der Waals surface area contributed by atoms with Gasteiger partial charge in [-0.25, -0.2) is 0 Å². The van der Waals surface area contributed by atoms with Gasteiger partial charge in [-0.1, -0.05) is 0 Å². The van der Waals surface area contributed by atoms with Gasteiger partial charge in [-0.05, 0) is 6.55 Å². The highest BCUT2D eigenvalue weighted by Crippen LogP contribution is 2.25. The Labute approximate surface area is 82.8 Å². The van der Waals surface area contributed by atoms with E-state index in [-0.39, 0.29) is 0 Å². The van der Waals surface area contributed by atoms with Crippen molar-refractivity contribution in [3.8, 4) is 0 Å². The lowest BCUT2D eigenvalue weighted by molar-refractivity contribution is -0.131. The van der Waals surface area contributed by atoms with Gasteiger partial charge in [0.1, 0.15) is 0 Å². The summed E-state index contributed by atoms with van der Waals surface area (Å²) in [6.07, 6.45) is -5.56. The molecule has 14 heavy (non-hydrogen) atoms. The summed E-state index contributed by atoms with van der Waals surface area (Å²) < 4.78 is 60.4. The highest BCUT2D eigenvalue weighted by Gasteiger charge is 2.37. The second-order valence-electron chi connectivity index (χ2n) is 2.83. The minimum absolute atomic E-state index is 0.591. The van der Waals surface area contributed by atoms with E-state index in [4.69, 9.17) is 0 Å². The van der Waals surface area contributed by atoms with Crippen molar-refractivity contribution >= 4 is 25.9 Å². The molecule has 0 bridgehead atoms. The summed E-state index contributed by atoms with van der Waals surface area (Å²) in [4.78, 5) is 9.30. The minimum Gasteiger partial charge on any atom is -0.558 e. The largest absolute Gasteiger partial charge is 0.558 e. The van der Waals surface area contributed by atoms with Crippen LogP contribution >= 0.6 is 0 Å². The number of rotatable bonds is 5. The molecule has 0 aromatic heterocycles. The average Bonchev–Trinajstić information content (AvgIpc) is 1.99. The first-order chi connectivity index (χ1) is 6.16. The van der Waals surface area contributed by atoms with Crippen molar-refractivity contribution in [3.63, 3.8) is 0 Å². The Morgan fingerprint density at radius 1 is 1.57 bits per heavy atom. The first kappa shape index (κ1) is 13.8. The first-order valence-corrected chi connectivity index (χ1v) is 9.79. The molecule has 0 saturated heterocycles. The zero-order valence-corrected chi connectivity index (χ0v) is 10.5. The molecule has 0 fully saturated rings. The highest BCUT2D eigenvalue weighted by atomic mass is 29.2. The van der Waals surface area contributed by atoms with Crippen molar-refractivity contribution < 1.29 is 31.0 Å². The molecule has 4 nitrogen and oxygen atoms in total. The van der Waals surface area contributed by atoms with Crippen LogP contribution in [0.4, 0.5) is 13.2 Å². The van der Waals surface area contributed by atoms with Crippen LogP contribution in [0.5, 0.6) is 0 Å². The van der Waals surface area contributed by atoms with E-state index in [0.29, 0.717) is 0 Å². The van der Waals surface area contributed by atoms with Gasteiger partial charge in [-0.3, -0.25) is 0 Å². The second-order valence-corrected chi connectivity index (χ2v) is 9.49. The minimum atomic E-state index is -4.37. The standard InChI is InChI=1S/C4H9F3O4Si3/c1-14(10,11-13(9)12-8)3-2-4(5,6)7/h10,12H,2-3H2,1H3. The van der Waals surface area contributed by atoms with Crippen molar-refractivity contribution in [2.24, 2.45) is 0 Å². The molecule has 82 valence electrons. The fourth-order valence-electron chi connectivity index (χ4n) is 0.665. The zero-order valence-electron chi connectivity index (χ0n) is 7.30. The van der Waals surface area contributed by atoms with E-state index in [1.54, 1.807) is 0 Å². The SMILES string of the molecule is C[Si](O)(CCC(F)(F)F)O[Si](=O)[SiH]=O. The molecule has 1 N–H and O–H groups in total. The van der Waals surface area contributed by atoms with Gasteiger partial charge in [0.15, 0.2) is 0 Å². The summed E-state index contributed by atoms with van der Waals surface area (Å²) in [5, 5.41) is 0. The molecule has 0 spiro atoms. The van der Waals surface area contributed by atoms with Gasteiger partial charge >= 0.3 is 32.1 Å². The smallest absolute Gasteiger partial charge is 0.526 e. The molecule has 0 amide bonds. The highest BCUT2D eigenvalue weighted by molar-refractivity contribution is 6.96. The Balaban J connectivity index is 4.07. The molecule has 1 unspecified atom stereocenters. The molecule has 0 radical (unpaired) electrons. The third-order valence-corrected chi connectivity index (χ3v) is 6.86. The quantitative estimate of drug-likeness (QED) is 0.720. The topological polar surface area (TPSA) is 63.6 Å². The molecular formula is C4H9F3O4Si3. The summed E-state index contributed by atoms with van der Waals surface area (Å²) >= 11 is 0. The summed E-state index contributed by atoms with van der Waals surface area (Å²) in [7, 11) is -8.07. The van der Waals surface area contributed by atoms with Gasteiger partial charge in [0, 0.05) is 12.5 Å². The number of halogens is 3. The Bertz CT molecular complexity index is 228. The normalized spacial score (nSPS) is 15.8.